The Labute approximate surface area is 112 Å². The van der Waals surface area contributed by atoms with Crippen LogP contribution in [-0.4, -0.2) is 23.6 Å². The van der Waals surface area contributed by atoms with E-state index in [1.807, 2.05) is 0 Å². The van der Waals surface area contributed by atoms with E-state index < -0.39 is 0 Å². The monoisotopic (exact) mass is 255 g/mol. The van der Waals surface area contributed by atoms with Gasteiger partial charge in [0.1, 0.15) is 0 Å². The fourth-order valence-electron chi connectivity index (χ4n) is 3.47. The molecule has 0 heterocycles. The first-order valence-corrected chi connectivity index (χ1v) is 8.67. The molecule has 0 radical (unpaired) electrons. The predicted octanol–water partition coefficient (Wildman–Crippen LogP) is 4.22. The minimum atomic E-state index is 0.591. The number of nitrogens with one attached hydrogen (secondary N) is 1. The summed E-state index contributed by atoms with van der Waals surface area (Å²) in [5, 5.41) is 4.87. The van der Waals surface area contributed by atoms with E-state index in [1.54, 1.807) is 0 Å². The maximum absolute atomic E-state index is 3.95. The maximum atomic E-state index is 3.95. The van der Waals surface area contributed by atoms with E-state index in [-0.39, 0.29) is 0 Å². The molecule has 3 atom stereocenters. The van der Waals surface area contributed by atoms with Gasteiger partial charge in [-0.25, -0.2) is 0 Å². The Morgan fingerprint density at radius 1 is 1.00 bits per heavy atom. The van der Waals surface area contributed by atoms with Crippen LogP contribution in [0.4, 0.5) is 0 Å². The van der Waals surface area contributed by atoms with Crippen LogP contribution in [0.5, 0.6) is 0 Å². The standard InChI is InChI=1S/C15H29NS/c1-15(2)9-4-5-12(8-10-15)16-13-6-7-14(11-13)17-3/h12-14,16H,4-11H2,1-3H3. The highest BCUT2D eigenvalue weighted by Crippen LogP contribution is 2.35. The molecule has 1 N–H and O–H groups in total. The van der Waals surface area contributed by atoms with Gasteiger partial charge >= 0.3 is 0 Å². The van der Waals surface area contributed by atoms with Gasteiger partial charge in [0.15, 0.2) is 0 Å². The van der Waals surface area contributed by atoms with Crippen molar-refractivity contribution in [1.29, 1.82) is 0 Å². The smallest absolute Gasteiger partial charge is 0.00805 e. The third kappa shape index (κ3) is 4.17. The van der Waals surface area contributed by atoms with Crippen LogP contribution < -0.4 is 5.32 Å². The Hall–Kier alpha value is 0.310. The van der Waals surface area contributed by atoms with Gasteiger partial charge in [0.05, 0.1) is 0 Å². The molecule has 0 aromatic rings. The van der Waals surface area contributed by atoms with E-state index in [2.05, 4.69) is 37.2 Å². The van der Waals surface area contributed by atoms with E-state index in [9.17, 15) is 0 Å². The first-order valence-electron chi connectivity index (χ1n) is 7.38. The van der Waals surface area contributed by atoms with Gasteiger partial charge in [0.2, 0.25) is 0 Å². The lowest BCUT2D eigenvalue weighted by molar-refractivity contribution is 0.306. The van der Waals surface area contributed by atoms with Gasteiger partial charge in [-0.3, -0.25) is 0 Å². The molecular weight excluding hydrogens is 226 g/mol. The topological polar surface area (TPSA) is 12.0 Å². The maximum Gasteiger partial charge on any atom is 0.00805 e. The molecule has 0 aromatic carbocycles. The van der Waals surface area contributed by atoms with Crippen molar-refractivity contribution in [1.82, 2.24) is 5.32 Å². The van der Waals surface area contributed by atoms with Crippen molar-refractivity contribution in [2.75, 3.05) is 6.26 Å². The van der Waals surface area contributed by atoms with Crippen LogP contribution in [0, 0.1) is 5.41 Å². The normalized spacial score (nSPS) is 37.9. The molecule has 0 bridgehead atoms. The van der Waals surface area contributed by atoms with E-state index in [4.69, 9.17) is 0 Å². The highest BCUT2D eigenvalue weighted by atomic mass is 32.2. The van der Waals surface area contributed by atoms with Gasteiger partial charge in [-0.15, -0.1) is 0 Å². The lowest BCUT2D eigenvalue weighted by Gasteiger charge is -2.24. The molecule has 0 spiro atoms. The first-order chi connectivity index (χ1) is 8.09. The van der Waals surface area contributed by atoms with Gasteiger partial charge < -0.3 is 5.32 Å². The number of rotatable bonds is 3. The summed E-state index contributed by atoms with van der Waals surface area (Å²) in [6.07, 6.45) is 13.6. The average Bonchev–Trinajstić information content (AvgIpc) is 2.66. The Balaban J connectivity index is 1.76. The zero-order valence-electron chi connectivity index (χ0n) is 11.8. The van der Waals surface area contributed by atoms with E-state index in [0.717, 1.165) is 17.3 Å². The molecular formula is C15H29NS. The summed E-state index contributed by atoms with van der Waals surface area (Å²) in [4.78, 5) is 0. The zero-order chi connectivity index (χ0) is 12.3. The van der Waals surface area contributed by atoms with E-state index in [0.29, 0.717) is 5.41 Å². The minimum Gasteiger partial charge on any atom is -0.311 e. The molecule has 1 nitrogen and oxygen atoms in total. The zero-order valence-corrected chi connectivity index (χ0v) is 12.6. The number of hydrogen-bond acceptors (Lipinski definition) is 2. The number of hydrogen-bond donors (Lipinski definition) is 1. The second kappa shape index (κ2) is 5.97. The van der Waals surface area contributed by atoms with Gasteiger partial charge in [-0.05, 0) is 56.6 Å². The molecule has 2 fully saturated rings. The van der Waals surface area contributed by atoms with Crippen molar-refractivity contribution in [3.63, 3.8) is 0 Å². The Bertz CT molecular complexity index is 239. The van der Waals surface area contributed by atoms with E-state index >= 15 is 0 Å². The van der Waals surface area contributed by atoms with E-state index in [1.165, 1.54) is 51.4 Å². The molecule has 0 aliphatic heterocycles. The summed E-state index contributed by atoms with van der Waals surface area (Å²) < 4.78 is 0. The molecule has 2 aliphatic rings. The van der Waals surface area contributed by atoms with Gasteiger partial charge in [0.25, 0.3) is 0 Å². The van der Waals surface area contributed by atoms with Crippen molar-refractivity contribution in [2.45, 2.75) is 82.5 Å². The molecule has 0 amide bonds. The fraction of sp³-hybridized carbons (Fsp3) is 1.00. The largest absolute Gasteiger partial charge is 0.311 e. The molecule has 2 aliphatic carbocycles. The molecule has 0 aromatic heterocycles. The van der Waals surface area contributed by atoms with Crippen LogP contribution in [-0.2, 0) is 0 Å². The van der Waals surface area contributed by atoms with Gasteiger partial charge in [-0.2, -0.15) is 11.8 Å². The summed E-state index contributed by atoms with van der Waals surface area (Å²) in [6, 6.07) is 1.63. The van der Waals surface area contributed by atoms with Gasteiger partial charge in [0, 0.05) is 17.3 Å². The van der Waals surface area contributed by atoms with Crippen LogP contribution in [0.3, 0.4) is 0 Å². The van der Waals surface area contributed by atoms with Crippen molar-refractivity contribution >= 4 is 11.8 Å². The van der Waals surface area contributed by atoms with Crippen molar-refractivity contribution in [2.24, 2.45) is 5.41 Å². The van der Waals surface area contributed by atoms with Crippen molar-refractivity contribution in [3.8, 4) is 0 Å². The second-order valence-corrected chi connectivity index (χ2v) is 7.96. The van der Waals surface area contributed by atoms with Gasteiger partial charge in [-0.1, -0.05) is 20.3 Å². The second-order valence-electron chi connectivity index (χ2n) is 6.83. The molecule has 3 unspecified atom stereocenters. The lowest BCUT2D eigenvalue weighted by Crippen LogP contribution is -2.36. The summed E-state index contributed by atoms with van der Waals surface area (Å²) >= 11 is 2.06. The van der Waals surface area contributed by atoms with Crippen molar-refractivity contribution in [3.05, 3.63) is 0 Å². The fourth-order valence-corrected chi connectivity index (χ4v) is 4.26. The third-order valence-corrected chi connectivity index (χ3v) is 5.86. The molecule has 2 saturated carbocycles. The van der Waals surface area contributed by atoms with Crippen molar-refractivity contribution < 1.29 is 0 Å². The Morgan fingerprint density at radius 2 is 1.82 bits per heavy atom. The molecule has 100 valence electrons. The molecule has 17 heavy (non-hydrogen) atoms. The molecule has 0 saturated heterocycles. The quantitative estimate of drug-likeness (QED) is 0.758. The summed E-state index contributed by atoms with van der Waals surface area (Å²) in [5.74, 6) is 0. The van der Waals surface area contributed by atoms with Crippen LogP contribution in [0.1, 0.15) is 65.2 Å². The SMILES string of the molecule is CSC1CCC(NC2CCCC(C)(C)CC2)C1. The highest BCUT2D eigenvalue weighted by Gasteiger charge is 2.28. The first kappa shape index (κ1) is 13.7. The third-order valence-electron chi connectivity index (χ3n) is 4.76. The molecule has 2 rings (SSSR count). The summed E-state index contributed by atoms with van der Waals surface area (Å²) in [6.45, 7) is 4.88. The van der Waals surface area contributed by atoms with Crippen LogP contribution in [0.2, 0.25) is 0 Å². The van der Waals surface area contributed by atoms with Crippen LogP contribution in [0.25, 0.3) is 0 Å². The highest BCUT2D eigenvalue weighted by molar-refractivity contribution is 7.99. The number of thioether (sulfide) groups is 1. The van der Waals surface area contributed by atoms with Crippen LogP contribution >= 0.6 is 11.8 Å². The Morgan fingerprint density at radius 3 is 2.53 bits per heavy atom. The summed E-state index contributed by atoms with van der Waals surface area (Å²) in [7, 11) is 0. The Kier molecular flexibility index (Phi) is 4.82. The average molecular weight is 255 g/mol. The lowest BCUT2D eigenvalue weighted by atomic mass is 9.85. The van der Waals surface area contributed by atoms with Crippen LogP contribution in [0.15, 0.2) is 0 Å². The molecule has 2 heteroatoms. The summed E-state index contributed by atoms with van der Waals surface area (Å²) in [5.41, 5.74) is 0.591. The predicted molar refractivity (Wildman–Crippen MR) is 78.7 cm³/mol. The minimum absolute atomic E-state index is 0.591.